The Morgan fingerprint density at radius 1 is 1.19 bits per heavy atom. The first kappa shape index (κ1) is 23.6. The average Bonchev–Trinajstić information content (AvgIpc) is 3.37. The SMILES string of the molecule is CCN(CC)CCCNC(=O)C1CCN(C(=O)NCc2cccnc2-n2cncn2)CC1. The van der Waals surface area contributed by atoms with E-state index in [0.717, 1.165) is 31.6 Å². The molecule has 0 aromatic carbocycles. The fraction of sp³-hybridized carbons (Fsp3) is 0.591. The van der Waals surface area contributed by atoms with E-state index < -0.39 is 0 Å². The van der Waals surface area contributed by atoms with Crippen molar-refractivity contribution in [1.82, 2.24) is 40.2 Å². The van der Waals surface area contributed by atoms with Crippen LogP contribution in [0.25, 0.3) is 5.82 Å². The first-order valence-corrected chi connectivity index (χ1v) is 11.4. The van der Waals surface area contributed by atoms with E-state index in [1.54, 1.807) is 22.1 Å². The van der Waals surface area contributed by atoms with Crippen LogP contribution in [-0.4, -0.2) is 80.8 Å². The standard InChI is InChI=1S/C22H34N8O2/c1-3-28(4-2)12-6-11-25-21(31)18-8-13-29(14-9-18)22(32)26-15-19-7-5-10-24-20(19)30-17-23-16-27-30/h5,7,10,16-18H,3-4,6,8-9,11-15H2,1-2H3,(H,25,31)(H,26,32). The van der Waals surface area contributed by atoms with Gasteiger partial charge in [0.15, 0.2) is 5.82 Å². The van der Waals surface area contributed by atoms with E-state index in [-0.39, 0.29) is 17.9 Å². The molecule has 3 rings (SSSR count). The molecule has 2 N–H and O–H groups in total. The number of carbonyl (C=O) groups is 2. The molecule has 10 nitrogen and oxygen atoms in total. The van der Waals surface area contributed by atoms with Crippen LogP contribution in [0.1, 0.15) is 38.7 Å². The Kier molecular flexibility index (Phi) is 8.97. The highest BCUT2D eigenvalue weighted by atomic mass is 16.2. The summed E-state index contributed by atoms with van der Waals surface area (Å²) in [5, 5.41) is 10.1. The Balaban J connectivity index is 1.39. The van der Waals surface area contributed by atoms with Gasteiger partial charge in [0.1, 0.15) is 12.7 Å². The van der Waals surface area contributed by atoms with Gasteiger partial charge in [-0.2, -0.15) is 5.10 Å². The van der Waals surface area contributed by atoms with Gasteiger partial charge in [-0.05, 0) is 45.0 Å². The van der Waals surface area contributed by atoms with Crippen molar-refractivity contribution in [2.45, 2.75) is 39.7 Å². The van der Waals surface area contributed by atoms with Crippen molar-refractivity contribution in [3.8, 4) is 5.82 Å². The largest absolute Gasteiger partial charge is 0.356 e. The van der Waals surface area contributed by atoms with Crippen LogP contribution in [0.15, 0.2) is 31.0 Å². The van der Waals surface area contributed by atoms with Crippen LogP contribution in [0.4, 0.5) is 4.79 Å². The molecular weight excluding hydrogens is 408 g/mol. The number of aromatic nitrogens is 4. The number of hydrogen-bond acceptors (Lipinski definition) is 6. The topological polar surface area (TPSA) is 108 Å². The lowest BCUT2D eigenvalue weighted by molar-refractivity contribution is -0.126. The van der Waals surface area contributed by atoms with Gasteiger partial charge in [0.05, 0.1) is 0 Å². The summed E-state index contributed by atoms with van der Waals surface area (Å²) in [4.78, 5) is 37.5. The van der Waals surface area contributed by atoms with Gasteiger partial charge in [-0.1, -0.05) is 19.9 Å². The maximum atomic E-state index is 12.6. The molecule has 2 aromatic heterocycles. The number of amides is 3. The zero-order valence-corrected chi connectivity index (χ0v) is 19.0. The van der Waals surface area contributed by atoms with Crippen molar-refractivity contribution in [2.24, 2.45) is 5.92 Å². The molecule has 1 saturated heterocycles. The molecule has 0 saturated carbocycles. The van der Waals surface area contributed by atoms with Crippen LogP contribution in [0.5, 0.6) is 0 Å². The van der Waals surface area contributed by atoms with Crippen molar-refractivity contribution >= 4 is 11.9 Å². The van der Waals surface area contributed by atoms with Crippen LogP contribution in [0, 0.1) is 5.92 Å². The third kappa shape index (κ3) is 6.49. The molecule has 2 aromatic rings. The number of pyridine rings is 1. The van der Waals surface area contributed by atoms with E-state index in [1.165, 1.54) is 6.33 Å². The van der Waals surface area contributed by atoms with Gasteiger partial charge in [0, 0.05) is 43.9 Å². The highest BCUT2D eigenvalue weighted by Crippen LogP contribution is 2.18. The average molecular weight is 443 g/mol. The fourth-order valence-electron chi connectivity index (χ4n) is 3.92. The van der Waals surface area contributed by atoms with Gasteiger partial charge in [-0.3, -0.25) is 4.79 Å². The van der Waals surface area contributed by atoms with E-state index in [2.05, 4.69) is 44.4 Å². The van der Waals surface area contributed by atoms with E-state index >= 15 is 0 Å². The molecule has 1 fully saturated rings. The highest BCUT2D eigenvalue weighted by molar-refractivity contribution is 5.79. The second-order valence-corrected chi connectivity index (χ2v) is 7.92. The summed E-state index contributed by atoms with van der Waals surface area (Å²) >= 11 is 0. The molecule has 1 aliphatic rings. The van der Waals surface area contributed by atoms with E-state index in [4.69, 9.17) is 0 Å². The summed E-state index contributed by atoms with van der Waals surface area (Å²) in [6.07, 6.45) is 7.04. The predicted octanol–water partition coefficient (Wildman–Crippen LogP) is 1.43. The lowest BCUT2D eigenvalue weighted by atomic mass is 9.96. The number of urea groups is 1. The number of likely N-dealkylation sites (tertiary alicyclic amines) is 1. The molecule has 174 valence electrons. The molecule has 0 radical (unpaired) electrons. The Hall–Kier alpha value is -3.01. The van der Waals surface area contributed by atoms with Gasteiger partial charge in [-0.15, -0.1) is 0 Å². The molecule has 0 bridgehead atoms. The van der Waals surface area contributed by atoms with Gasteiger partial charge in [0.25, 0.3) is 0 Å². The Morgan fingerprint density at radius 2 is 1.97 bits per heavy atom. The van der Waals surface area contributed by atoms with Crippen LogP contribution in [0.2, 0.25) is 0 Å². The number of hydrogen-bond donors (Lipinski definition) is 2. The predicted molar refractivity (Wildman–Crippen MR) is 121 cm³/mol. The summed E-state index contributed by atoms with van der Waals surface area (Å²) in [6.45, 7) is 9.57. The Labute approximate surface area is 189 Å². The number of rotatable bonds is 10. The van der Waals surface area contributed by atoms with E-state index in [1.807, 2.05) is 12.1 Å². The normalized spacial score (nSPS) is 14.5. The number of carbonyl (C=O) groups excluding carboxylic acids is 2. The van der Waals surface area contributed by atoms with Crippen molar-refractivity contribution in [2.75, 3.05) is 39.3 Å². The minimum absolute atomic E-state index is 0.0234. The van der Waals surface area contributed by atoms with Crippen molar-refractivity contribution < 1.29 is 9.59 Å². The number of piperidine rings is 1. The minimum atomic E-state index is -0.128. The Morgan fingerprint density at radius 3 is 2.66 bits per heavy atom. The molecule has 0 unspecified atom stereocenters. The van der Waals surface area contributed by atoms with E-state index in [0.29, 0.717) is 44.8 Å². The maximum absolute atomic E-state index is 12.6. The molecule has 0 aliphatic carbocycles. The summed E-state index contributed by atoms with van der Waals surface area (Å²) in [6, 6.07) is 3.60. The fourth-order valence-corrected chi connectivity index (χ4v) is 3.92. The second-order valence-electron chi connectivity index (χ2n) is 7.92. The third-order valence-corrected chi connectivity index (χ3v) is 5.93. The van der Waals surface area contributed by atoms with Crippen LogP contribution in [0.3, 0.4) is 0 Å². The van der Waals surface area contributed by atoms with Crippen molar-refractivity contribution in [3.05, 3.63) is 36.5 Å². The zero-order chi connectivity index (χ0) is 22.8. The summed E-state index contributed by atoms with van der Waals surface area (Å²) in [5.74, 6) is 0.726. The van der Waals surface area contributed by atoms with Crippen LogP contribution < -0.4 is 10.6 Å². The summed E-state index contributed by atoms with van der Waals surface area (Å²) < 4.78 is 1.58. The molecule has 3 heterocycles. The van der Waals surface area contributed by atoms with Crippen LogP contribution in [-0.2, 0) is 11.3 Å². The monoisotopic (exact) mass is 442 g/mol. The first-order chi connectivity index (χ1) is 15.6. The zero-order valence-electron chi connectivity index (χ0n) is 19.0. The number of nitrogens with one attached hydrogen (secondary N) is 2. The lowest BCUT2D eigenvalue weighted by Gasteiger charge is -2.31. The summed E-state index contributed by atoms with van der Waals surface area (Å²) in [7, 11) is 0. The smallest absolute Gasteiger partial charge is 0.317 e. The van der Waals surface area contributed by atoms with Crippen LogP contribution >= 0.6 is 0 Å². The minimum Gasteiger partial charge on any atom is -0.356 e. The van der Waals surface area contributed by atoms with Crippen molar-refractivity contribution in [1.29, 1.82) is 0 Å². The molecule has 0 spiro atoms. The quantitative estimate of drug-likeness (QED) is 0.539. The molecule has 1 aliphatic heterocycles. The van der Waals surface area contributed by atoms with Gasteiger partial charge >= 0.3 is 6.03 Å². The van der Waals surface area contributed by atoms with Crippen molar-refractivity contribution in [3.63, 3.8) is 0 Å². The molecule has 3 amide bonds. The summed E-state index contributed by atoms with van der Waals surface area (Å²) in [5.41, 5.74) is 0.852. The highest BCUT2D eigenvalue weighted by Gasteiger charge is 2.27. The molecular formula is C22H34N8O2. The molecule has 0 atom stereocenters. The molecule has 32 heavy (non-hydrogen) atoms. The lowest BCUT2D eigenvalue weighted by Crippen LogP contribution is -2.47. The molecule has 10 heteroatoms. The van der Waals surface area contributed by atoms with Gasteiger partial charge in [-0.25, -0.2) is 19.4 Å². The second kappa shape index (κ2) is 12.1. The van der Waals surface area contributed by atoms with E-state index in [9.17, 15) is 9.59 Å². The van der Waals surface area contributed by atoms with Gasteiger partial charge in [0.2, 0.25) is 5.91 Å². The Bertz CT molecular complexity index is 845. The number of nitrogens with zero attached hydrogens (tertiary/aromatic N) is 6. The maximum Gasteiger partial charge on any atom is 0.317 e. The van der Waals surface area contributed by atoms with Gasteiger partial charge < -0.3 is 20.4 Å². The first-order valence-electron chi connectivity index (χ1n) is 11.4. The third-order valence-electron chi connectivity index (χ3n) is 5.93.